The van der Waals surface area contributed by atoms with Gasteiger partial charge in [-0.1, -0.05) is 91.0 Å². The van der Waals surface area contributed by atoms with Gasteiger partial charge in [-0.3, -0.25) is 4.79 Å². The first kappa shape index (κ1) is 20.7. The summed E-state index contributed by atoms with van der Waals surface area (Å²) in [6, 6.07) is 34.6. The van der Waals surface area contributed by atoms with E-state index in [1.165, 1.54) is 0 Å². The number of fused-ring (bicyclic) bond motifs is 1. The zero-order valence-electron chi connectivity index (χ0n) is 18.3. The molecule has 0 spiro atoms. The second kappa shape index (κ2) is 9.53. The summed E-state index contributed by atoms with van der Waals surface area (Å²) in [6.45, 7) is 0.538. The third kappa shape index (κ3) is 4.70. The molecule has 1 N–H and O–H groups in total. The Morgan fingerprint density at radius 3 is 2.06 bits per heavy atom. The lowest BCUT2D eigenvalue weighted by Crippen LogP contribution is -2.23. The molecule has 2 heterocycles. The number of hydrogen-bond donors (Lipinski definition) is 1. The van der Waals surface area contributed by atoms with Crippen molar-refractivity contribution in [2.24, 2.45) is 0 Å². The predicted molar refractivity (Wildman–Crippen MR) is 133 cm³/mol. The molecule has 0 saturated heterocycles. The Labute approximate surface area is 193 Å². The molecule has 162 valence electrons. The quantitative estimate of drug-likeness (QED) is 0.348. The average Bonchev–Trinajstić information content (AvgIpc) is 3.25. The van der Waals surface area contributed by atoms with Crippen LogP contribution in [0.4, 0.5) is 0 Å². The summed E-state index contributed by atoms with van der Waals surface area (Å²) in [7, 11) is 0. The SMILES string of the molecule is O=C(CCc1c(-c2ccccc2)nc2ccc(-c3ccccc3)cn12)NCc1ccccc1. The summed E-state index contributed by atoms with van der Waals surface area (Å²) in [5, 5.41) is 3.04. The van der Waals surface area contributed by atoms with Crippen LogP contribution < -0.4 is 5.32 Å². The molecule has 0 atom stereocenters. The lowest BCUT2D eigenvalue weighted by Gasteiger charge is -2.09. The van der Waals surface area contributed by atoms with Gasteiger partial charge in [-0.2, -0.15) is 0 Å². The number of hydrogen-bond acceptors (Lipinski definition) is 2. The normalized spacial score (nSPS) is 10.9. The zero-order valence-corrected chi connectivity index (χ0v) is 18.3. The first-order chi connectivity index (χ1) is 16.3. The van der Waals surface area contributed by atoms with E-state index >= 15 is 0 Å². The van der Waals surface area contributed by atoms with E-state index in [9.17, 15) is 4.79 Å². The van der Waals surface area contributed by atoms with E-state index in [0.717, 1.165) is 39.3 Å². The van der Waals surface area contributed by atoms with Crippen molar-refractivity contribution in [1.82, 2.24) is 14.7 Å². The van der Waals surface area contributed by atoms with Crippen LogP contribution in [0.1, 0.15) is 17.7 Å². The van der Waals surface area contributed by atoms with Gasteiger partial charge in [-0.25, -0.2) is 4.98 Å². The first-order valence-electron chi connectivity index (χ1n) is 11.2. The molecular formula is C29H25N3O. The van der Waals surface area contributed by atoms with E-state index in [4.69, 9.17) is 4.98 Å². The molecule has 1 amide bonds. The van der Waals surface area contributed by atoms with E-state index < -0.39 is 0 Å². The smallest absolute Gasteiger partial charge is 0.220 e. The molecule has 33 heavy (non-hydrogen) atoms. The molecule has 0 radical (unpaired) electrons. The van der Waals surface area contributed by atoms with Crippen molar-refractivity contribution in [3.63, 3.8) is 0 Å². The van der Waals surface area contributed by atoms with Crippen LogP contribution in [0, 0.1) is 0 Å². The van der Waals surface area contributed by atoms with Crippen LogP contribution in [0.25, 0.3) is 28.0 Å². The molecule has 5 aromatic rings. The predicted octanol–water partition coefficient (Wildman–Crippen LogP) is 5.92. The number of imidazole rings is 1. The molecule has 0 aliphatic carbocycles. The third-order valence-corrected chi connectivity index (χ3v) is 5.79. The largest absolute Gasteiger partial charge is 0.352 e. The molecule has 0 aliphatic heterocycles. The fourth-order valence-electron chi connectivity index (χ4n) is 4.08. The van der Waals surface area contributed by atoms with Crippen molar-refractivity contribution >= 4 is 11.6 Å². The topological polar surface area (TPSA) is 46.4 Å². The Morgan fingerprint density at radius 2 is 1.36 bits per heavy atom. The van der Waals surface area contributed by atoms with E-state index in [-0.39, 0.29) is 5.91 Å². The Kier molecular flexibility index (Phi) is 5.98. The lowest BCUT2D eigenvalue weighted by atomic mass is 10.1. The summed E-state index contributed by atoms with van der Waals surface area (Å²) in [5.74, 6) is 0.0343. The van der Waals surface area contributed by atoms with Crippen molar-refractivity contribution < 1.29 is 4.79 Å². The molecule has 0 aliphatic rings. The molecule has 4 heteroatoms. The van der Waals surface area contributed by atoms with Crippen LogP contribution in [-0.2, 0) is 17.8 Å². The van der Waals surface area contributed by atoms with Crippen LogP contribution in [0.2, 0.25) is 0 Å². The molecule has 0 bridgehead atoms. The van der Waals surface area contributed by atoms with Gasteiger partial charge in [-0.05, 0) is 35.2 Å². The average molecular weight is 432 g/mol. The van der Waals surface area contributed by atoms with E-state index in [1.54, 1.807) is 0 Å². The van der Waals surface area contributed by atoms with Gasteiger partial charge in [0.15, 0.2) is 0 Å². The van der Waals surface area contributed by atoms with E-state index in [1.807, 2.05) is 72.8 Å². The number of benzene rings is 3. The number of amides is 1. The van der Waals surface area contributed by atoms with Crippen LogP contribution in [0.5, 0.6) is 0 Å². The van der Waals surface area contributed by atoms with Gasteiger partial charge >= 0.3 is 0 Å². The minimum Gasteiger partial charge on any atom is -0.352 e. The Morgan fingerprint density at radius 1 is 0.727 bits per heavy atom. The summed E-state index contributed by atoms with van der Waals surface area (Å²) in [6.07, 6.45) is 3.13. The number of carbonyl (C=O) groups is 1. The van der Waals surface area contributed by atoms with Gasteiger partial charge in [-0.15, -0.1) is 0 Å². The number of aromatic nitrogens is 2. The Bertz CT molecular complexity index is 1360. The number of carbonyl (C=O) groups excluding carboxylic acids is 1. The maximum atomic E-state index is 12.6. The highest BCUT2D eigenvalue weighted by Crippen LogP contribution is 2.28. The van der Waals surface area contributed by atoms with Gasteiger partial charge in [0.05, 0.1) is 11.4 Å². The molecule has 5 rings (SSSR count). The summed E-state index contributed by atoms with van der Waals surface area (Å²) >= 11 is 0. The van der Waals surface area contributed by atoms with Crippen LogP contribution in [-0.4, -0.2) is 15.3 Å². The maximum Gasteiger partial charge on any atom is 0.220 e. The van der Waals surface area contributed by atoms with Crippen LogP contribution in [0.3, 0.4) is 0 Å². The molecule has 0 unspecified atom stereocenters. The molecule has 3 aromatic carbocycles. The highest BCUT2D eigenvalue weighted by Gasteiger charge is 2.16. The van der Waals surface area contributed by atoms with Gasteiger partial charge in [0, 0.05) is 24.7 Å². The summed E-state index contributed by atoms with van der Waals surface area (Å²) in [5.41, 5.74) is 7.28. The highest BCUT2D eigenvalue weighted by atomic mass is 16.1. The van der Waals surface area contributed by atoms with Crippen molar-refractivity contribution in [2.75, 3.05) is 0 Å². The van der Waals surface area contributed by atoms with Crippen LogP contribution in [0.15, 0.2) is 109 Å². The second-order valence-electron chi connectivity index (χ2n) is 8.05. The van der Waals surface area contributed by atoms with Crippen molar-refractivity contribution in [3.05, 3.63) is 121 Å². The minimum absolute atomic E-state index is 0.0343. The van der Waals surface area contributed by atoms with Gasteiger partial charge in [0.1, 0.15) is 5.65 Å². The lowest BCUT2D eigenvalue weighted by molar-refractivity contribution is -0.121. The van der Waals surface area contributed by atoms with Gasteiger partial charge < -0.3 is 9.72 Å². The van der Waals surface area contributed by atoms with Gasteiger partial charge in [0.2, 0.25) is 5.91 Å². The number of nitrogens with one attached hydrogen (secondary N) is 1. The monoisotopic (exact) mass is 431 g/mol. The Balaban J connectivity index is 1.44. The van der Waals surface area contributed by atoms with Gasteiger partial charge in [0.25, 0.3) is 0 Å². The standard InChI is InChI=1S/C29H25N3O/c33-28(30-20-22-10-4-1-5-11-22)19-17-26-29(24-14-8-3-9-15-24)31-27-18-16-25(21-32(26)27)23-12-6-2-7-13-23/h1-16,18,21H,17,19-20H2,(H,30,33). The molecule has 2 aromatic heterocycles. The Hall–Kier alpha value is -4.18. The summed E-state index contributed by atoms with van der Waals surface area (Å²) in [4.78, 5) is 17.6. The first-order valence-corrected chi connectivity index (χ1v) is 11.2. The number of nitrogens with zero attached hydrogens (tertiary/aromatic N) is 2. The highest BCUT2D eigenvalue weighted by molar-refractivity contribution is 5.77. The number of aryl methyl sites for hydroxylation is 1. The van der Waals surface area contributed by atoms with Crippen molar-refractivity contribution in [3.8, 4) is 22.4 Å². The van der Waals surface area contributed by atoms with Crippen molar-refractivity contribution in [2.45, 2.75) is 19.4 Å². The second-order valence-corrected chi connectivity index (χ2v) is 8.05. The molecular weight excluding hydrogens is 406 g/mol. The third-order valence-electron chi connectivity index (χ3n) is 5.79. The molecule has 0 fully saturated rings. The molecule has 0 saturated carbocycles. The van der Waals surface area contributed by atoms with Crippen LogP contribution >= 0.6 is 0 Å². The fraction of sp³-hybridized carbons (Fsp3) is 0.103. The van der Waals surface area contributed by atoms with E-state index in [2.05, 4.69) is 46.2 Å². The minimum atomic E-state index is 0.0343. The maximum absolute atomic E-state index is 12.6. The number of rotatable bonds is 7. The summed E-state index contributed by atoms with van der Waals surface area (Å²) < 4.78 is 2.13. The fourth-order valence-corrected chi connectivity index (χ4v) is 4.08. The molecule has 4 nitrogen and oxygen atoms in total. The zero-order chi connectivity index (χ0) is 22.5. The number of pyridine rings is 1. The van der Waals surface area contributed by atoms with Crippen molar-refractivity contribution in [1.29, 1.82) is 0 Å². The van der Waals surface area contributed by atoms with E-state index in [0.29, 0.717) is 19.4 Å².